The molecule has 21 heavy (non-hydrogen) atoms. The molecule has 3 amide bonds. The maximum atomic E-state index is 12.4. The van der Waals surface area contributed by atoms with Crippen LogP contribution >= 0.6 is 0 Å². The van der Waals surface area contributed by atoms with Crippen LogP contribution in [0.2, 0.25) is 0 Å². The molecule has 0 aromatic heterocycles. The predicted molar refractivity (Wildman–Crippen MR) is 77.9 cm³/mol. The Bertz CT molecular complexity index is 386. The first-order valence-corrected chi connectivity index (χ1v) is 7.46. The van der Waals surface area contributed by atoms with Gasteiger partial charge in [0.05, 0.1) is 0 Å². The average molecular weight is 299 g/mol. The first kappa shape index (κ1) is 17.3. The summed E-state index contributed by atoms with van der Waals surface area (Å²) in [5.74, 6) is -1.03. The Labute approximate surface area is 125 Å². The lowest BCUT2D eigenvalue weighted by atomic mass is 9.98. The van der Waals surface area contributed by atoms with Gasteiger partial charge in [-0.05, 0) is 32.6 Å². The molecule has 0 aromatic carbocycles. The van der Waals surface area contributed by atoms with Crippen LogP contribution in [0.3, 0.4) is 0 Å². The highest BCUT2D eigenvalue weighted by molar-refractivity contribution is 5.84. The van der Waals surface area contributed by atoms with Crippen molar-refractivity contribution in [2.75, 3.05) is 26.7 Å². The Morgan fingerprint density at radius 1 is 1.33 bits per heavy atom. The van der Waals surface area contributed by atoms with Crippen molar-refractivity contribution in [1.82, 2.24) is 15.1 Å². The number of nitrogens with one attached hydrogen (secondary N) is 1. The minimum absolute atomic E-state index is 0.0226. The van der Waals surface area contributed by atoms with E-state index in [1.165, 1.54) is 4.90 Å². The number of piperidine rings is 1. The molecule has 0 aromatic rings. The van der Waals surface area contributed by atoms with Crippen LogP contribution in [0.4, 0.5) is 4.79 Å². The van der Waals surface area contributed by atoms with Gasteiger partial charge in [0.25, 0.3) is 0 Å². The molecular formula is C14H25N3O4. The summed E-state index contributed by atoms with van der Waals surface area (Å²) in [6, 6.07) is -0.240. The van der Waals surface area contributed by atoms with Crippen LogP contribution in [0.25, 0.3) is 0 Å². The highest BCUT2D eigenvalue weighted by atomic mass is 16.4. The van der Waals surface area contributed by atoms with Crippen molar-refractivity contribution < 1.29 is 19.5 Å². The van der Waals surface area contributed by atoms with Gasteiger partial charge in [0, 0.05) is 32.6 Å². The van der Waals surface area contributed by atoms with Gasteiger partial charge >= 0.3 is 12.0 Å². The monoisotopic (exact) mass is 299 g/mol. The van der Waals surface area contributed by atoms with Gasteiger partial charge in [-0.1, -0.05) is 0 Å². The molecule has 1 fully saturated rings. The third kappa shape index (κ3) is 5.61. The summed E-state index contributed by atoms with van der Waals surface area (Å²) in [5.41, 5.74) is 0. The number of nitrogens with zero attached hydrogens (tertiary/aromatic N) is 2. The van der Waals surface area contributed by atoms with E-state index in [1.807, 2.05) is 6.92 Å². The second-order valence-corrected chi connectivity index (χ2v) is 5.37. The number of rotatable bonds is 6. The van der Waals surface area contributed by atoms with Gasteiger partial charge in [-0.3, -0.25) is 9.59 Å². The number of carbonyl (C=O) groups is 3. The number of carboxylic acid groups (broad SMARTS) is 1. The molecule has 0 aliphatic carbocycles. The van der Waals surface area contributed by atoms with Crippen molar-refractivity contribution in [3.63, 3.8) is 0 Å². The van der Waals surface area contributed by atoms with Crippen molar-refractivity contribution in [2.24, 2.45) is 0 Å². The summed E-state index contributed by atoms with van der Waals surface area (Å²) in [6.45, 7) is 3.01. The molecule has 1 atom stereocenters. The van der Waals surface area contributed by atoms with E-state index in [1.54, 1.807) is 11.9 Å². The van der Waals surface area contributed by atoms with Crippen LogP contribution < -0.4 is 5.32 Å². The quantitative estimate of drug-likeness (QED) is 0.762. The van der Waals surface area contributed by atoms with Gasteiger partial charge in [-0.25, -0.2) is 4.79 Å². The minimum atomic E-state index is -0.844. The number of hydrogen-bond donors (Lipinski definition) is 2. The number of hydrogen-bond acceptors (Lipinski definition) is 3. The number of likely N-dealkylation sites (N-methyl/N-ethyl adjacent to an activating group) is 2. The number of amides is 3. The summed E-state index contributed by atoms with van der Waals surface area (Å²) in [5, 5.41) is 11.4. The first-order valence-electron chi connectivity index (χ1n) is 7.46. The average Bonchev–Trinajstić information content (AvgIpc) is 2.44. The van der Waals surface area contributed by atoms with E-state index in [-0.39, 0.29) is 30.9 Å². The Morgan fingerprint density at radius 3 is 2.67 bits per heavy atom. The fourth-order valence-corrected chi connectivity index (χ4v) is 2.60. The van der Waals surface area contributed by atoms with Crippen LogP contribution in [-0.2, 0) is 9.59 Å². The summed E-state index contributed by atoms with van der Waals surface area (Å²) < 4.78 is 0. The van der Waals surface area contributed by atoms with E-state index in [9.17, 15) is 14.4 Å². The molecule has 1 unspecified atom stereocenters. The van der Waals surface area contributed by atoms with Crippen molar-refractivity contribution >= 4 is 17.9 Å². The number of urea groups is 1. The van der Waals surface area contributed by atoms with Crippen molar-refractivity contribution in [1.29, 1.82) is 0 Å². The van der Waals surface area contributed by atoms with E-state index >= 15 is 0 Å². The zero-order valence-electron chi connectivity index (χ0n) is 12.8. The molecular weight excluding hydrogens is 274 g/mol. The number of carboxylic acids is 1. The summed E-state index contributed by atoms with van der Waals surface area (Å²) in [7, 11) is 1.60. The van der Waals surface area contributed by atoms with Crippen LogP contribution in [0.5, 0.6) is 0 Å². The van der Waals surface area contributed by atoms with Crippen LogP contribution in [-0.4, -0.2) is 65.5 Å². The third-order valence-corrected chi connectivity index (χ3v) is 3.65. The number of aliphatic carboxylic acids is 1. The molecule has 120 valence electrons. The highest BCUT2D eigenvalue weighted by Gasteiger charge is 2.29. The molecule has 0 saturated carbocycles. The van der Waals surface area contributed by atoms with E-state index in [2.05, 4.69) is 5.32 Å². The third-order valence-electron chi connectivity index (χ3n) is 3.65. The minimum Gasteiger partial charge on any atom is -0.481 e. The molecule has 1 aliphatic rings. The molecule has 0 spiro atoms. The number of likely N-dealkylation sites (tertiary alicyclic amines) is 1. The lowest BCUT2D eigenvalue weighted by Gasteiger charge is -2.37. The van der Waals surface area contributed by atoms with Gasteiger partial charge in [-0.15, -0.1) is 0 Å². The smallest absolute Gasteiger partial charge is 0.320 e. The Balaban J connectivity index is 2.58. The molecule has 7 nitrogen and oxygen atoms in total. The topological polar surface area (TPSA) is 90.0 Å². The zero-order chi connectivity index (χ0) is 15.8. The lowest BCUT2D eigenvalue weighted by molar-refractivity contribution is -0.137. The summed E-state index contributed by atoms with van der Waals surface area (Å²) in [6.07, 6.45) is 3.29. The maximum absolute atomic E-state index is 12.4. The predicted octanol–water partition coefficient (Wildman–Crippen LogP) is 0.894. The standard InChI is InChI=1S/C14H25N3O4/c1-3-15-12(18)10-16(2)14(21)17-9-5-4-6-11(17)7-8-13(19)20/h11H,3-10H2,1-2H3,(H,15,18)(H,19,20). The van der Waals surface area contributed by atoms with Crippen LogP contribution in [0.15, 0.2) is 0 Å². The first-order chi connectivity index (χ1) is 9.95. The molecule has 7 heteroatoms. The lowest BCUT2D eigenvalue weighted by Crippen LogP contribution is -2.51. The highest BCUT2D eigenvalue weighted by Crippen LogP contribution is 2.22. The molecule has 1 rings (SSSR count). The van der Waals surface area contributed by atoms with Gasteiger partial charge in [0.1, 0.15) is 6.54 Å². The van der Waals surface area contributed by atoms with Gasteiger partial charge in [-0.2, -0.15) is 0 Å². The van der Waals surface area contributed by atoms with Crippen molar-refractivity contribution in [3.8, 4) is 0 Å². The van der Waals surface area contributed by atoms with Gasteiger partial charge in [0.2, 0.25) is 5.91 Å². The van der Waals surface area contributed by atoms with Crippen LogP contribution in [0.1, 0.15) is 39.0 Å². The molecule has 0 bridgehead atoms. The normalized spacial score (nSPS) is 18.2. The fraction of sp³-hybridized carbons (Fsp3) is 0.786. The molecule has 1 heterocycles. The Morgan fingerprint density at radius 2 is 2.05 bits per heavy atom. The second kappa shape index (κ2) is 8.49. The Hall–Kier alpha value is -1.79. The second-order valence-electron chi connectivity index (χ2n) is 5.37. The molecule has 1 aliphatic heterocycles. The van der Waals surface area contributed by atoms with E-state index in [0.717, 1.165) is 19.3 Å². The van der Waals surface area contributed by atoms with Gasteiger partial charge < -0.3 is 20.2 Å². The van der Waals surface area contributed by atoms with E-state index in [4.69, 9.17) is 5.11 Å². The molecule has 0 radical (unpaired) electrons. The SMILES string of the molecule is CCNC(=O)CN(C)C(=O)N1CCCCC1CCC(=O)O. The van der Waals surface area contributed by atoms with E-state index in [0.29, 0.717) is 19.5 Å². The molecule has 2 N–H and O–H groups in total. The summed E-state index contributed by atoms with van der Waals surface area (Å²) >= 11 is 0. The maximum Gasteiger partial charge on any atom is 0.320 e. The zero-order valence-corrected chi connectivity index (χ0v) is 12.8. The van der Waals surface area contributed by atoms with Crippen molar-refractivity contribution in [2.45, 2.75) is 45.1 Å². The summed E-state index contributed by atoms with van der Waals surface area (Å²) in [4.78, 5) is 37.8. The van der Waals surface area contributed by atoms with Crippen LogP contribution in [0, 0.1) is 0 Å². The van der Waals surface area contributed by atoms with Gasteiger partial charge in [0.15, 0.2) is 0 Å². The number of carbonyl (C=O) groups excluding carboxylic acids is 2. The van der Waals surface area contributed by atoms with Crippen molar-refractivity contribution in [3.05, 3.63) is 0 Å². The largest absolute Gasteiger partial charge is 0.481 e. The fourth-order valence-electron chi connectivity index (χ4n) is 2.60. The molecule has 1 saturated heterocycles. The Kier molecular flexibility index (Phi) is 6.98. The van der Waals surface area contributed by atoms with E-state index < -0.39 is 5.97 Å².